The first-order valence-corrected chi connectivity index (χ1v) is 5.15. The number of piperidine rings is 1. The molecule has 3 heteroatoms. The predicted octanol–water partition coefficient (Wildman–Crippen LogP) is 1.26. The second-order valence-electron chi connectivity index (χ2n) is 4.12. The molecule has 1 aromatic rings. The summed E-state index contributed by atoms with van der Waals surface area (Å²) in [6.07, 6.45) is 1.16. The predicted molar refractivity (Wildman–Crippen MR) is 55.7 cm³/mol. The number of benzene rings is 1. The van der Waals surface area contributed by atoms with Crippen molar-refractivity contribution in [1.29, 1.82) is 0 Å². The van der Waals surface area contributed by atoms with E-state index in [0.717, 1.165) is 19.5 Å². The van der Waals surface area contributed by atoms with Crippen molar-refractivity contribution in [2.75, 3.05) is 18.4 Å². The van der Waals surface area contributed by atoms with Gasteiger partial charge in [-0.1, -0.05) is 0 Å². The van der Waals surface area contributed by atoms with E-state index in [0.29, 0.717) is 17.7 Å². The van der Waals surface area contributed by atoms with Crippen molar-refractivity contribution in [1.82, 2.24) is 5.32 Å². The molecule has 1 fully saturated rings. The molecule has 3 nitrogen and oxygen atoms in total. The normalized spacial score (nSPS) is 29.1. The van der Waals surface area contributed by atoms with E-state index in [-0.39, 0.29) is 0 Å². The van der Waals surface area contributed by atoms with Gasteiger partial charge in [-0.15, -0.1) is 0 Å². The zero-order valence-corrected chi connectivity index (χ0v) is 7.96. The van der Waals surface area contributed by atoms with Crippen LogP contribution in [0.15, 0.2) is 18.2 Å². The zero-order valence-electron chi connectivity index (χ0n) is 7.96. The van der Waals surface area contributed by atoms with Crippen molar-refractivity contribution in [2.45, 2.75) is 18.4 Å². The molecule has 2 unspecified atom stereocenters. The maximum absolute atomic E-state index is 9.44. The summed E-state index contributed by atoms with van der Waals surface area (Å²) in [7, 11) is 0. The van der Waals surface area contributed by atoms with Gasteiger partial charge in [-0.2, -0.15) is 0 Å². The molecular weight excluding hydrogens is 176 g/mol. The molecule has 1 saturated heterocycles. The van der Waals surface area contributed by atoms with E-state index >= 15 is 0 Å². The first kappa shape index (κ1) is 8.12. The van der Waals surface area contributed by atoms with E-state index in [9.17, 15) is 5.11 Å². The lowest BCUT2D eigenvalue weighted by Crippen LogP contribution is -2.40. The minimum Gasteiger partial charge on any atom is -0.508 e. The van der Waals surface area contributed by atoms with Gasteiger partial charge < -0.3 is 15.7 Å². The first-order valence-electron chi connectivity index (χ1n) is 5.15. The minimum absolute atomic E-state index is 0.379. The minimum atomic E-state index is 0.379. The third-order valence-electron chi connectivity index (χ3n) is 3.26. The first-order chi connectivity index (χ1) is 6.84. The Labute approximate surface area is 83.1 Å². The van der Waals surface area contributed by atoms with Gasteiger partial charge >= 0.3 is 0 Å². The molecule has 0 saturated carbocycles. The van der Waals surface area contributed by atoms with Crippen LogP contribution in [0, 0.1) is 0 Å². The van der Waals surface area contributed by atoms with Crippen molar-refractivity contribution in [3.8, 4) is 5.75 Å². The summed E-state index contributed by atoms with van der Waals surface area (Å²) >= 11 is 0. The van der Waals surface area contributed by atoms with Gasteiger partial charge in [0.2, 0.25) is 0 Å². The lowest BCUT2D eigenvalue weighted by molar-refractivity contribution is 0.436. The van der Waals surface area contributed by atoms with Crippen LogP contribution in [0.1, 0.15) is 17.9 Å². The van der Waals surface area contributed by atoms with E-state index in [1.807, 2.05) is 12.1 Å². The topological polar surface area (TPSA) is 44.3 Å². The van der Waals surface area contributed by atoms with Gasteiger partial charge in [-0.25, -0.2) is 0 Å². The summed E-state index contributed by atoms with van der Waals surface area (Å²) < 4.78 is 0. The highest BCUT2D eigenvalue weighted by atomic mass is 16.3. The van der Waals surface area contributed by atoms with Gasteiger partial charge in [0.1, 0.15) is 5.75 Å². The fourth-order valence-electron chi connectivity index (χ4n) is 2.57. The average Bonchev–Trinajstić information content (AvgIpc) is 2.56. The number of anilines is 1. The van der Waals surface area contributed by atoms with E-state index in [4.69, 9.17) is 0 Å². The van der Waals surface area contributed by atoms with Gasteiger partial charge in [0.15, 0.2) is 0 Å². The fraction of sp³-hybridized carbons (Fsp3) is 0.455. The molecule has 0 amide bonds. The second-order valence-corrected chi connectivity index (χ2v) is 4.12. The molecule has 0 bridgehead atoms. The summed E-state index contributed by atoms with van der Waals surface area (Å²) in [6.45, 7) is 2.11. The van der Waals surface area contributed by atoms with Crippen LogP contribution in [0.5, 0.6) is 5.75 Å². The van der Waals surface area contributed by atoms with Crippen LogP contribution in [0.25, 0.3) is 0 Å². The Balaban J connectivity index is 2.02. The molecule has 2 aliphatic rings. The zero-order chi connectivity index (χ0) is 9.54. The summed E-state index contributed by atoms with van der Waals surface area (Å²) in [6, 6.07) is 6.14. The van der Waals surface area contributed by atoms with Gasteiger partial charge in [-0.3, -0.25) is 0 Å². The number of aromatic hydroxyl groups is 1. The van der Waals surface area contributed by atoms with Crippen molar-refractivity contribution >= 4 is 5.69 Å². The van der Waals surface area contributed by atoms with E-state index in [1.165, 1.54) is 11.3 Å². The molecule has 2 atom stereocenters. The Morgan fingerprint density at radius 2 is 2.29 bits per heavy atom. The summed E-state index contributed by atoms with van der Waals surface area (Å²) in [5.41, 5.74) is 2.48. The average molecular weight is 190 g/mol. The van der Waals surface area contributed by atoms with Gasteiger partial charge in [0.05, 0.1) is 0 Å². The number of rotatable bonds is 0. The summed E-state index contributed by atoms with van der Waals surface area (Å²) in [5.74, 6) is 0.961. The van der Waals surface area contributed by atoms with Gasteiger partial charge in [0.25, 0.3) is 0 Å². The van der Waals surface area contributed by atoms with Crippen molar-refractivity contribution < 1.29 is 5.11 Å². The second kappa shape index (κ2) is 2.89. The standard InChI is InChI=1S/C11H14N2O/c14-7-1-2-10-9(5-7)8-3-4-12-6-11(8)13-10/h1-2,5,8,11-14H,3-4,6H2. The van der Waals surface area contributed by atoms with Crippen LogP contribution < -0.4 is 10.6 Å². The number of hydrogen-bond donors (Lipinski definition) is 3. The van der Waals surface area contributed by atoms with Crippen LogP contribution in [0.4, 0.5) is 5.69 Å². The third kappa shape index (κ3) is 1.09. The number of phenolic OH excluding ortho intramolecular Hbond substituents is 1. The smallest absolute Gasteiger partial charge is 0.116 e. The highest BCUT2D eigenvalue weighted by Crippen LogP contribution is 2.40. The Morgan fingerprint density at radius 3 is 3.21 bits per heavy atom. The maximum Gasteiger partial charge on any atom is 0.116 e. The van der Waals surface area contributed by atoms with E-state index < -0.39 is 0 Å². The van der Waals surface area contributed by atoms with Gasteiger partial charge in [-0.05, 0) is 36.7 Å². The largest absolute Gasteiger partial charge is 0.508 e. The number of phenols is 1. The van der Waals surface area contributed by atoms with Crippen LogP contribution in [0.3, 0.4) is 0 Å². The number of fused-ring (bicyclic) bond motifs is 3. The SMILES string of the molecule is Oc1ccc2c(c1)C1CCNCC1N2. The number of nitrogens with one attached hydrogen (secondary N) is 2. The molecule has 3 rings (SSSR count). The van der Waals surface area contributed by atoms with Crippen LogP contribution >= 0.6 is 0 Å². The van der Waals surface area contributed by atoms with Crippen LogP contribution in [0.2, 0.25) is 0 Å². The van der Waals surface area contributed by atoms with E-state index in [1.54, 1.807) is 6.07 Å². The fourth-order valence-corrected chi connectivity index (χ4v) is 2.57. The molecule has 0 aromatic heterocycles. The summed E-state index contributed by atoms with van der Waals surface area (Å²) in [5, 5.41) is 16.3. The van der Waals surface area contributed by atoms with Crippen molar-refractivity contribution in [3.63, 3.8) is 0 Å². The molecular formula is C11H14N2O. The molecule has 2 aliphatic heterocycles. The highest BCUT2D eigenvalue weighted by molar-refractivity contribution is 5.61. The van der Waals surface area contributed by atoms with Crippen molar-refractivity contribution in [2.24, 2.45) is 0 Å². The lowest BCUT2D eigenvalue weighted by Gasteiger charge is -2.26. The molecule has 0 aliphatic carbocycles. The number of hydrogen-bond acceptors (Lipinski definition) is 3. The maximum atomic E-state index is 9.44. The molecule has 2 heterocycles. The monoisotopic (exact) mass is 190 g/mol. The molecule has 14 heavy (non-hydrogen) atoms. The van der Waals surface area contributed by atoms with Crippen LogP contribution in [-0.2, 0) is 0 Å². The van der Waals surface area contributed by atoms with Crippen LogP contribution in [-0.4, -0.2) is 24.2 Å². The molecule has 1 aromatic carbocycles. The molecule has 0 spiro atoms. The summed E-state index contributed by atoms with van der Waals surface area (Å²) in [4.78, 5) is 0. The molecule has 74 valence electrons. The Morgan fingerprint density at radius 1 is 1.36 bits per heavy atom. The lowest BCUT2D eigenvalue weighted by atomic mass is 9.89. The van der Waals surface area contributed by atoms with Crippen molar-refractivity contribution in [3.05, 3.63) is 23.8 Å². The molecule has 0 radical (unpaired) electrons. The quantitative estimate of drug-likeness (QED) is 0.540. The molecule has 3 N–H and O–H groups in total. The third-order valence-corrected chi connectivity index (χ3v) is 3.26. The Bertz CT molecular complexity index is 364. The van der Waals surface area contributed by atoms with Gasteiger partial charge in [0, 0.05) is 24.2 Å². The van der Waals surface area contributed by atoms with E-state index in [2.05, 4.69) is 10.6 Å². The highest BCUT2D eigenvalue weighted by Gasteiger charge is 2.33. The Kier molecular flexibility index (Phi) is 1.67. The Hall–Kier alpha value is -1.22.